The van der Waals surface area contributed by atoms with Gasteiger partial charge in [0.05, 0.1) is 11.1 Å². The number of benzene rings is 1. The van der Waals surface area contributed by atoms with Crippen LogP contribution in [0.25, 0.3) is 0 Å². The third kappa shape index (κ3) is 3.31. The van der Waals surface area contributed by atoms with Crippen molar-refractivity contribution in [1.29, 1.82) is 5.26 Å². The summed E-state index contributed by atoms with van der Waals surface area (Å²) in [6.45, 7) is 5.81. The molecule has 1 atom stereocenters. The zero-order valence-corrected chi connectivity index (χ0v) is 11.2. The Bertz CT molecular complexity index is 405. The van der Waals surface area contributed by atoms with Crippen LogP contribution in [0.4, 0.5) is 4.39 Å². The molecular weight excluding hydrogens is 245 g/mol. The summed E-state index contributed by atoms with van der Waals surface area (Å²) in [4.78, 5) is 0. The second kappa shape index (κ2) is 4.96. The van der Waals surface area contributed by atoms with Crippen molar-refractivity contribution < 1.29 is 8.82 Å². The standard InChI is InChI=1S/C11H13ClFNOSi/c1-16(2,3)15-10(7-14)11-8(12)5-4-6-9(11)13/h4-6,10H,1-3H3. The fourth-order valence-corrected chi connectivity index (χ4v) is 2.40. The van der Waals surface area contributed by atoms with Crippen molar-refractivity contribution >= 4 is 19.9 Å². The summed E-state index contributed by atoms with van der Waals surface area (Å²) in [6.07, 6.45) is -0.930. The average molecular weight is 258 g/mol. The van der Waals surface area contributed by atoms with E-state index in [0.29, 0.717) is 0 Å². The lowest BCUT2D eigenvalue weighted by atomic mass is 10.1. The van der Waals surface area contributed by atoms with Gasteiger partial charge in [-0.05, 0) is 31.8 Å². The van der Waals surface area contributed by atoms with Crippen LogP contribution in [-0.4, -0.2) is 8.32 Å². The second-order valence-electron chi connectivity index (χ2n) is 4.37. The van der Waals surface area contributed by atoms with Gasteiger partial charge in [0.1, 0.15) is 5.82 Å². The van der Waals surface area contributed by atoms with Gasteiger partial charge in [-0.2, -0.15) is 5.26 Å². The molecule has 86 valence electrons. The topological polar surface area (TPSA) is 33.0 Å². The number of hydrogen-bond donors (Lipinski definition) is 0. The van der Waals surface area contributed by atoms with Gasteiger partial charge in [0, 0.05) is 5.56 Å². The Balaban J connectivity index is 3.11. The maximum absolute atomic E-state index is 13.6. The minimum atomic E-state index is -1.92. The van der Waals surface area contributed by atoms with Crippen LogP contribution in [0.1, 0.15) is 11.7 Å². The predicted octanol–water partition coefficient (Wildman–Crippen LogP) is 3.90. The molecule has 1 rings (SSSR count). The zero-order valence-electron chi connectivity index (χ0n) is 9.42. The fraction of sp³-hybridized carbons (Fsp3) is 0.364. The third-order valence-corrected chi connectivity index (χ3v) is 3.12. The molecule has 0 saturated heterocycles. The summed E-state index contributed by atoms with van der Waals surface area (Å²) < 4.78 is 19.2. The Morgan fingerprint density at radius 3 is 2.50 bits per heavy atom. The molecule has 0 fully saturated rings. The van der Waals surface area contributed by atoms with Crippen LogP contribution in [-0.2, 0) is 4.43 Å². The molecule has 1 unspecified atom stereocenters. The quantitative estimate of drug-likeness (QED) is 0.770. The van der Waals surface area contributed by atoms with Crippen LogP contribution in [0.15, 0.2) is 18.2 Å². The van der Waals surface area contributed by atoms with Crippen molar-refractivity contribution in [3.63, 3.8) is 0 Å². The van der Waals surface area contributed by atoms with E-state index in [1.54, 1.807) is 6.07 Å². The van der Waals surface area contributed by atoms with Gasteiger partial charge in [0.15, 0.2) is 14.4 Å². The summed E-state index contributed by atoms with van der Waals surface area (Å²) >= 11 is 5.88. The summed E-state index contributed by atoms with van der Waals surface area (Å²) in [5.74, 6) is -0.502. The van der Waals surface area contributed by atoms with E-state index in [2.05, 4.69) is 0 Å². The molecule has 0 aromatic heterocycles. The largest absolute Gasteiger partial charge is 0.399 e. The van der Waals surface area contributed by atoms with Gasteiger partial charge < -0.3 is 4.43 Å². The van der Waals surface area contributed by atoms with E-state index < -0.39 is 20.2 Å². The second-order valence-corrected chi connectivity index (χ2v) is 9.24. The number of rotatable bonds is 3. The van der Waals surface area contributed by atoms with Crippen molar-refractivity contribution in [1.82, 2.24) is 0 Å². The van der Waals surface area contributed by atoms with Gasteiger partial charge >= 0.3 is 0 Å². The molecule has 2 nitrogen and oxygen atoms in total. The molecule has 0 aliphatic heterocycles. The minimum absolute atomic E-state index is 0.133. The SMILES string of the molecule is C[Si](C)(C)OC(C#N)c1c(F)cccc1Cl. The maximum atomic E-state index is 13.6. The molecule has 0 bridgehead atoms. The van der Waals surface area contributed by atoms with Crippen LogP contribution in [0.3, 0.4) is 0 Å². The molecule has 1 aromatic rings. The minimum Gasteiger partial charge on any atom is -0.399 e. The monoisotopic (exact) mass is 257 g/mol. The number of nitriles is 1. The molecular formula is C11H13ClFNOSi. The Kier molecular flexibility index (Phi) is 4.08. The number of nitrogens with zero attached hydrogens (tertiary/aromatic N) is 1. The molecule has 0 spiro atoms. The van der Waals surface area contributed by atoms with E-state index >= 15 is 0 Å². The first-order valence-corrected chi connectivity index (χ1v) is 8.65. The Labute approximate surface area is 101 Å². The van der Waals surface area contributed by atoms with E-state index in [0.717, 1.165) is 0 Å². The van der Waals surface area contributed by atoms with Gasteiger partial charge in [-0.3, -0.25) is 0 Å². The Hall–Kier alpha value is -0.893. The molecule has 0 radical (unpaired) electrons. The Morgan fingerprint density at radius 1 is 1.44 bits per heavy atom. The Morgan fingerprint density at radius 2 is 2.06 bits per heavy atom. The summed E-state index contributed by atoms with van der Waals surface area (Å²) in [7, 11) is -1.92. The van der Waals surface area contributed by atoms with Crippen LogP contribution in [0, 0.1) is 17.1 Å². The third-order valence-electron chi connectivity index (χ3n) is 1.85. The average Bonchev–Trinajstić information content (AvgIpc) is 2.14. The molecule has 5 heteroatoms. The highest BCUT2D eigenvalue weighted by atomic mass is 35.5. The van der Waals surface area contributed by atoms with Gasteiger partial charge in [0.2, 0.25) is 0 Å². The van der Waals surface area contributed by atoms with Gasteiger partial charge in [-0.15, -0.1) is 0 Å². The van der Waals surface area contributed by atoms with Gasteiger partial charge in [-0.25, -0.2) is 4.39 Å². The summed E-state index contributed by atoms with van der Waals surface area (Å²) in [5.41, 5.74) is 0.133. The lowest BCUT2D eigenvalue weighted by Gasteiger charge is -2.22. The lowest BCUT2D eigenvalue weighted by molar-refractivity contribution is 0.249. The van der Waals surface area contributed by atoms with Crippen LogP contribution in [0.2, 0.25) is 24.7 Å². The number of halogens is 2. The number of hydrogen-bond acceptors (Lipinski definition) is 2. The van der Waals surface area contributed by atoms with Crippen LogP contribution in [0.5, 0.6) is 0 Å². The molecule has 1 aromatic carbocycles. The molecule has 16 heavy (non-hydrogen) atoms. The van der Waals surface area contributed by atoms with Crippen molar-refractivity contribution in [3.8, 4) is 6.07 Å². The maximum Gasteiger partial charge on any atom is 0.186 e. The van der Waals surface area contributed by atoms with Crippen molar-refractivity contribution in [2.45, 2.75) is 25.7 Å². The first-order valence-electron chi connectivity index (χ1n) is 4.86. The van der Waals surface area contributed by atoms with Gasteiger partial charge in [0.25, 0.3) is 0 Å². The van der Waals surface area contributed by atoms with Crippen molar-refractivity contribution in [3.05, 3.63) is 34.6 Å². The lowest BCUT2D eigenvalue weighted by Crippen LogP contribution is -2.28. The molecule has 0 aliphatic rings. The van der Waals surface area contributed by atoms with Crippen LogP contribution < -0.4 is 0 Å². The molecule has 0 saturated carbocycles. The first-order chi connectivity index (χ1) is 7.35. The van der Waals surface area contributed by atoms with E-state index in [9.17, 15) is 4.39 Å². The van der Waals surface area contributed by atoms with Gasteiger partial charge in [-0.1, -0.05) is 17.7 Å². The molecule has 0 N–H and O–H groups in total. The zero-order chi connectivity index (χ0) is 12.3. The van der Waals surface area contributed by atoms with E-state index in [1.807, 2.05) is 25.7 Å². The fourth-order valence-electron chi connectivity index (χ4n) is 1.26. The molecule has 0 heterocycles. The highest BCUT2D eigenvalue weighted by Crippen LogP contribution is 2.30. The molecule has 0 aliphatic carbocycles. The van der Waals surface area contributed by atoms with Crippen molar-refractivity contribution in [2.75, 3.05) is 0 Å². The van der Waals surface area contributed by atoms with E-state index in [1.165, 1.54) is 12.1 Å². The van der Waals surface area contributed by atoms with E-state index in [-0.39, 0.29) is 10.6 Å². The van der Waals surface area contributed by atoms with Crippen molar-refractivity contribution in [2.24, 2.45) is 0 Å². The summed E-state index contributed by atoms with van der Waals surface area (Å²) in [5, 5.41) is 9.24. The normalized spacial score (nSPS) is 13.2. The molecule has 0 amide bonds. The summed E-state index contributed by atoms with van der Waals surface area (Å²) in [6, 6.07) is 6.28. The van der Waals surface area contributed by atoms with E-state index in [4.69, 9.17) is 21.3 Å². The first kappa shape index (κ1) is 13.2. The predicted molar refractivity (Wildman–Crippen MR) is 64.2 cm³/mol. The highest BCUT2D eigenvalue weighted by molar-refractivity contribution is 6.69. The smallest absolute Gasteiger partial charge is 0.186 e. The highest BCUT2D eigenvalue weighted by Gasteiger charge is 2.26. The van der Waals surface area contributed by atoms with Crippen LogP contribution >= 0.6 is 11.6 Å².